The molecular weight excluding hydrogens is 297 g/mol. The number of anilines is 1. The van der Waals surface area contributed by atoms with Gasteiger partial charge in [0.2, 0.25) is 5.91 Å². The molecular formula is C18H16FNO3. The summed E-state index contributed by atoms with van der Waals surface area (Å²) in [5.74, 6) is -1.16. The van der Waals surface area contributed by atoms with Crippen molar-refractivity contribution in [1.29, 1.82) is 0 Å². The molecule has 0 fully saturated rings. The topological polar surface area (TPSA) is 63.2 Å². The van der Waals surface area contributed by atoms with E-state index < -0.39 is 5.82 Å². The fourth-order valence-corrected chi connectivity index (χ4v) is 2.12. The Kier molecular flexibility index (Phi) is 5.36. The summed E-state index contributed by atoms with van der Waals surface area (Å²) < 4.78 is 12.8. The Balaban J connectivity index is 1.94. The number of carbonyl (C=O) groups excluding carboxylic acids is 3. The van der Waals surface area contributed by atoms with E-state index in [4.69, 9.17) is 0 Å². The molecule has 0 atom stereocenters. The van der Waals surface area contributed by atoms with Gasteiger partial charge in [-0.05, 0) is 43.3 Å². The first-order chi connectivity index (χ1) is 11.0. The van der Waals surface area contributed by atoms with Crippen molar-refractivity contribution in [3.05, 3.63) is 65.5 Å². The van der Waals surface area contributed by atoms with Gasteiger partial charge >= 0.3 is 0 Å². The predicted octanol–water partition coefficient (Wildman–Crippen LogP) is 3.63. The molecule has 0 aromatic heterocycles. The Bertz CT molecular complexity index is 738. The molecule has 1 amide bonds. The van der Waals surface area contributed by atoms with Crippen LogP contribution in [0.15, 0.2) is 48.5 Å². The van der Waals surface area contributed by atoms with Crippen molar-refractivity contribution in [2.45, 2.75) is 19.8 Å². The quantitative estimate of drug-likeness (QED) is 0.828. The Morgan fingerprint density at radius 3 is 2.26 bits per heavy atom. The third-order valence-corrected chi connectivity index (χ3v) is 3.33. The van der Waals surface area contributed by atoms with E-state index in [0.29, 0.717) is 16.8 Å². The van der Waals surface area contributed by atoms with Gasteiger partial charge < -0.3 is 5.32 Å². The molecule has 0 heterocycles. The maximum Gasteiger partial charge on any atom is 0.224 e. The molecule has 5 heteroatoms. The number of carbonyl (C=O) groups is 3. The maximum absolute atomic E-state index is 12.8. The number of hydrogen-bond acceptors (Lipinski definition) is 3. The smallest absolute Gasteiger partial charge is 0.224 e. The molecule has 0 unspecified atom stereocenters. The van der Waals surface area contributed by atoms with Gasteiger partial charge in [0.15, 0.2) is 11.6 Å². The SMILES string of the molecule is CC(=O)c1ccccc1NC(=O)CCC(=O)c1ccc(F)cc1. The molecule has 0 radical (unpaired) electrons. The van der Waals surface area contributed by atoms with Gasteiger partial charge in [-0.2, -0.15) is 0 Å². The first-order valence-corrected chi connectivity index (χ1v) is 7.16. The van der Waals surface area contributed by atoms with Crippen LogP contribution >= 0.6 is 0 Å². The number of rotatable bonds is 6. The molecule has 0 aliphatic rings. The molecule has 2 aromatic carbocycles. The van der Waals surface area contributed by atoms with Crippen molar-refractivity contribution in [2.75, 3.05) is 5.32 Å². The Morgan fingerprint density at radius 2 is 1.61 bits per heavy atom. The van der Waals surface area contributed by atoms with E-state index in [9.17, 15) is 18.8 Å². The van der Waals surface area contributed by atoms with Gasteiger partial charge in [-0.25, -0.2) is 4.39 Å². The van der Waals surface area contributed by atoms with Crippen molar-refractivity contribution in [3.8, 4) is 0 Å². The summed E-state index contributed by atoms with van der Waals surface area (Å²) in [5, 5.41) is 2.64. The molecule has 118 valence electrons. The van der Waals surface area contributed by atoms with E-state index in [1.54, 1.807) is 24.3 Å². The summed E-state index contributed by atoms with van der Waals surface area (Å²) in [4.78, 5) is 35.4. The predicted molar refractivity (Wildman–Crippen MR) is 85.0 cm³/mol. The van der Waals surface area contributed by atoms with Crippen molar-refractivity contribution in [3.63, 3.8) is 0 Å². The molecule has 0 saturated heterocycles. The van der Waals surface area contributed by atoms with Gasteiger partial charge in [0.05, 0.1) is 5.69 Å². The average molecular weight is 313 g/mol. The number of nitrogens with one attached hydrogen (secondary N) is 1. The van der Waals surface area contributed by atoms with Crippen molar-refractivity contribution < 1.29 is 18.8 Å². The third kappa shape index (κ3) is 4.57. The van der Waals surface area contributed by atoms with Crippen molar-refractivity contribution >= 4 is 23.2 Å². The lowest BCUT2D eigenvalue weighted by Gasteiger charge is -2.08. The van der Waals surface area contributed by atoms with Crippen LogP contribution in [-0.4, -0.2) is 17.5 Å². The highest BCUT2D eigenvalue weighted by molar-refractivity contribution is 6.05. The Morgan fingerprint density at radius 1 is 0.957 bits per heavy atom. The zero-order valence-electron chi connectivity index (χ0n) is 12.6. The van der Waals surface area contributed by atoms with Crippen LogP contribution in [0, 0.1) is 5.82 Å². The number of ketones is 2. The van der Waals surface area contributed by atoms with Crippen LogP contribution in [0.1, 0.15) is 40.5 Å². The lowest BCUT2D eigenvalue weighted by atomic mass is 10.1. The first kappa shape index (κ1) is 16.5. The lowest BCUT2D eigenvalue weighted by molar-refractivity contribution is -0.116. The number of amides is 1. The van der Waals surface area contributed by atoms with Crippen LogP contribution in [0.25, 0.3) is 0 Å². The van der Waals surface area contributed by atoms with Crippen LogP contribution < -0.4 is 5.32 Å². The van der Waals surface area contributed by atoms with E-state index in [-0.39, 0.29) is 30.3 Å². The lowest BCUT2D eigenvalue weighted by Crippen LogP contribution is -2.15. The number of para-hydroxylation sites is 1. The third-order valence-electron chi connectivity index (χ3n) is 3.33. The van der Waals surface area contributed by atoms with E-state index >= 15 is 0 Å². The molecule has 0 saturated carbocycles. The molecule has 4 nitrogen and oxygen atoms in total. The molecule has 0 bridgehead atoms. The van der Waals surface area contributed by atoms with Crippen molar-refractivity contribution in [2.24, 2.45) is 0 Å². The van der Waals surface area contributed by atoms with Crippen LogP contribution in [0.5, 0.6) is 0 Å². The summed E-state index contributed by atoms with van der Waals surface area (Å²) in [6.07, 6.45) is 0.00214. The molecule has 1 N–H and O–H groups in total. The minimum atomic E-state index is -0.417. The summed E-state index contributed by atoms with van der Waals surface area (Å²) >= 11 is 0. The van der Waals surface area contributed by atoms with Crippen LogP contribution in [0.3, 0.4) is 0 Å². The highest BCUT2D eigenvalue weighted by Crippen LogP contribution is 2.16. The molecule has 0 spiro atoms. The van der Waals surface area contributed by atoms with Gasteiger partial charge in [0.1, 0.15) is 5.82 Å². The summed E-state index contributed by atoms with van der Waals surface area (Å²) in [6, 6.07) is 11.9. The number of benzene rings is 2. The van der Waals surface area contributed by atoms with Crippen LogP contribution in [0.2, 0.25) is 0 Å². The minimum absolute atomic E-state index is 0.0115. The van der Waals surface area contributed by atoms with E-state index in [1.807, 2.05) is 0 Å². The van der Waals surface area contributed by atoms with Crippen molar-refractivity contribution in [1.82, 2.24) is 0 Å². The molecule has 23 heavy (non-hydrogen) atoms. The monoisotopic (exact) mass is 313 g/mol. The van der Waals surface area contributed by atoms with Gasteiger partial charge in [-0.3, -0.25) is 14.4 Å². The minimum Gasteiger partial charge on any atom is -0.325 e. The number of Topliss-reactive ketones (excluding diaryl/α,β-unsaturated/α-hetero) is 2. The first-order valence-electron chi connectivity index (χ1n) is 7.16. The van der Waals surface area contributed by atoms with E-state index in [0.717, 1.165) is 0 Å². The second-order valence-electron chi connectivity index (χ2n) is 5.08. The summed E-state index contributed by atoms with van der Waals surface area (Å²) in [6.45, 7) is 1.42. The number of halogens is 1. The molecule has 2 aromatic rings. The fourth-order valence-electron chi connectivity index (χ4n) is 2.12. The van der Waals surface area contributed by atoms with Gasteiger partial charge in [0.25, 0.3) is 0 Å². The van der Waals surface area contributed by atoms with Gasteiger partial charge in [-0.1, -0.05) is 12.1 Å². The highest BCUT2D eigenvalue weighted by Gasteiger charge is 2.12. The van der Waals surface area contributed by atoms with Gasteiger partial charge in [-0.15, -0.1) is 0 Å². The zero-order chi connectivity index (χ0) is 16.8. The second-order valence-corrected chi connectivity index (χ2v) is 5.08. The van der Waals surface area contributed by atoms with E-state index in [2.05, 4.69) is 5.32 Å². The summed E-state index contributed by atoms with van der Waals surface area (Å²) in [7, 11) is 0. The van der Waals surface area contributed by atoms with Crippen LogP contribution in [0.4, 0.5) is 10.1 Å². The average Bonchev–Trinajstić information content (AvgIpc) is 2.53. The zero-order valence-corrected chi connectivity index (χ0v) is 12.6. The summed E-state index contributed by atoms with van der Waals surface area (Å²) in [5.41, 5.74) is 1.22. The Hall–Kier alpha value is -2.82. The maximum atomic E-state index is 12.8. The number of hydrogen-bond donors (Lipinski definition) is 1. The Labute approximate surface area is 133 Å². The second kappa shape index (κ2) is 7.45. The molecule has 2 rings (SSSR count). The van der Waals surface area contributed by atoms with E-state index in [1.165, 1.54) is 31.2 Å². The largest absolute Gasteiger partial charge is 0.325 e. The normalized spacial score (nSPS) is 10.2. The standard InChI is InChI=1S/C18H16FNO3/c1-12(21)15-4-2-3-5-16(15)20-18(23)11-10-17(22)13-6-8-14(19)9-7-13/h2-9H,10-11H2,1H3,(H,20,23). The fraction of sp³-hybridized carbons (Fsp3) is 0.167. The molecule has 0 aliphatic carbocycles. The molecule has 0 aliphatic heterocycles. The van der Waals surface area contributed by atoms with Crippen LogP contribution in [-0.2, 0) is 4.79 Å². The highest BCUT2D eigenvalue weighted by atomic mass is 19.1. The van der Waals surface area contributed by atoms with Gasteiger partial charge in [0, 0.05) is 24.0 Å².